The monoisotopic (exact) mass is 300 g/mol. The average molecular weight is 301 g/mol. The number of methoxy groups -OCH3 is 1. The van der Waals surface area contributed by atoms with Gasteiger partial charge in [-0.25, -0.2) is 0 Å². The van der Waals surface area contributed by atoms with E-state index in [2.05, 4.69) is 52.9 Å². The maximum atomic E-state index is 5.70. The topological polar surface area (TPSA) is 38.5 Å². The molecule has 1 aromatic rings. The van der Waals surface area contributed by atoms with Gasteiger partial charge in [0.2, 0.25) is 0 Å². The number of anilines is 1. The highest BCUT2D eigenvalue weighted by molar-refractivity contribution is 9.10. The summed E-state index contributed by atoms with van der Waals surface area (Å²) in [4.78, 5) is 2.31. The van der Waals surface area contributed by atoms with E-state index in [-0.39, 0.29) is 0 Å². The molecule has 0 saturated heterocycles. The Balaban J connectivity index is 2.96. The van der Waals surface area contributed by atoms with Crippen molar-refractivity contribution >= 4 is 21.6 Å². The molecule has 0 aliphatic heterocycles. The zero-order valence-electron chi connectivity index (χ0n) is 10.7. The third-order valence-corrected chi connectivity index (χ3v) is 3.13. The molecular weight excluding hydrogens is 280 g/mol. The van der Waals surface area contributed by atoms with Crippen molar-refractivity contribution in [2.45, 2.75) is 26.4 Å². The maximum absolute atomic E-state index is 5.70. The van der Waals surface area contributed by atoms with Crippen LogP contribution in [0.4, 0.5) is 5.69 Å². The van der Waals surface area contributed by atoms with Gasteiger partial charge >= 0.3 is 0 Å². The van der Waals surface area contributed by atoms with Crippen LogP contribution >= 0.6 is 15.9 Å². The molecule has 0 bridgehead atoms. The molecule has 0 aliphatic rings. The molecule has 0 amide bonds. The number of hydrogen-bond acceptors (Lipinski definition) is 3. The molecule has 0 saturated carbocycles. The third kappa shape index (κ3) is 4.30. The lowest BCUT2D eigenvalue weighted by Gasteiger charge is -2.29. The second-order valence-corrected chi connectivity index (χ2v) is 5.22. The summed E-state index contributed by atoms with van der Waals surface area (Å²) in [5.41, 5.74) is 8.02. The Kier molecular flexibility index (Phi) is 5.95. The summed E-state index contributed by atoms with van der Waals surface area (Å²) in [5, 5.41) is 0. The van der Waals surface area contributed by atoms with Crippen molar-refractivity contribution in [3.63, 3.8) is 0 Å². The highest BCUT2D eigenvalue weighted by Gasteiger charge is 2.11. The first-order chi connectivity index (χ1) is 8.08. The minimum Gasteiger partial charge on any atom is -0.383 e. The number of rotatable bonds is 6. The fourth-order valence-corrected chi connectivity index (χ4v) is 2.32. The Hall–Kier alpha value is -0.580. The number of hydrogen-bond donors (Lipinski definition) is 1. The van der Waals surface area contributed by atoms with Gasteiger partial charge in [-0.1, -0.05) is 15.9 Å². The molecule has 0 fully saturated rings. The van der Waals surface area contributed by atoms with Crippen molar-refractivity contribution in [3.05, 3.63) is 28.2 Å². The number of nitrogens with zero attached hydrogens (tertiary/aromatic N) is 1. The normalized spacial score (nSPS) is 10.9. The molecule has 0 aliphatic carbocycles. The molecule has 3 nitrogen and oxygen atoms in total. The first kappa shape index (κ1) is 14.5. The van der Waals surface area contributed by atoms with Gasteiger partial charge in [-0.15, -0.1) is 0 Å². The molecular formula is C13H21BrN2O. The van der Waals surface area contributed by atoms with E-state index in [1.165, 1.54) is 5.69 Å². The van der Waals surface area contributed by atoms with Crippen LogP contribution in [-0.2, 0) is 11.3 Å². The van der Waals surface area contributed by atoms with Gasteiger partial charge in [-0.2, -0.15) is 0 Å². The second kappa shape index (κ2) is 6.99. The van der Waals surface area contributed by atoms with E-state index in [4.69, 9.17) is 10.5 Å². The molecule has 17 heavy (non-hydrogen) atoms. The number of nitrogens with two attached hydrogens (primary N) is 1. The van der Waals surface area contributed by atoms with E-state index < -0.39 is 0 Å². The van der Waals surface area contributed by atoms with Crippen molar-refractivity contribution < 1.29 is 4.74 Å². The van der Waals surface area contributed by atoms with E-state index in [1.807, 2.05) is 0 Å². The first-order valence-corrected chi connectivity index (χ1v) is 6.63. The molecule has 1 rings (SSSR count). The predicted octanol–water partition coefficient (Wildman–Crippen LogP) is 2.77. The fraction of sp³-hybridized carbons (Fsp3) is 0.538. The molecule has 0 heterocycles. The zero-order chi connectivity index (χ0) is 12.8. The van der Waals surface area contributed by atoms with Crippen molar-refractivity contribution in [1.82, 2.24) is 0 Å². The molecule has 0 aromatic heterocycles. The van der Waals surface area contributed by atoms with Crippen molar-refractivity contribution in [2.75, 3.05) is 25.2 Å². The second-order valence-electron chi connectivity index (χ2n) is 4.30. The van der Waals surface area contributed by atoms with Crippen LogP contribution in [0.15, 0.2) is 22.7 Å². The largest absolute Gasteiger partial charge is 0.383 e. The van der Waals surface area contributed by atoms with Gasteiger partial charge in [0.25, 0.3) is 0 Å². The summed E-state index contributed by atoms with van der Waals surface area (Å²) in [7, 11) is 1.73. The van der Waals surface area contributed by atoms with Crippen molar-refractivity contribution in [1.29, 1.82) is 0 Å². The SMILES string of the molecule is COCCN(c1cc(Br)cc(CN)c1)C(C)C. The van der Waals surface area contributed by atoms with Crippen LogP contribution in [0.2, 0.25) is 0 Å². The molecule has 1 aromatic carbocycles. The summed E-state index contributed by atoms with van der Waals surface area (Å²) in [6, 6.07) is 6.75. The highest BCUT2D eigenvalue weighted by atomic mass is 79.9. The summed E-state index contributed by atoms with van der Waals surface area (Å²) in [6.45, 7) is 6.53. The lowest BCUT2D eigenvalue weighted by atomic mass is 10.1. The van der Waals surface area contributed by atoms with E-state index in [0.717, 1.165) is 23.2 Å². The van der Waals surface area contributed by atoms with Gasteiger partial charge < -0.3 is 15.4 Å². The van der Waals surface area contributed by atoms with Crippen LogP contribution in [0.1, 0.15) is 19.4 Å². The molecule has 0 radical (unpaired) electrons. The lowest BCUT2D eigenvalue weighted by molar-refractivity contribution is 0.204. The van der Waals surface area contributed by atoms with E-state index in [9.17, 15) is 0 Å². The van der Waals surface area contributed by atoms with Gasteiger partial charge in [0.1, 0.15) is 0 Å². The Morgan fingerprint density at radius 1 is 1.35 bits per heavy atom. The molecule has 96 valence electrons. The molecule has 0 unspecified atom stereocenters. The summed E-state index contributed by atoms with van der Waals surface area (Å²) in [6.07, 6.45) is 0. The Bertz CT molecular complexity index is 355. The van der Waals surface area contributed by atoms with Crippen LogP contribution in [0.25, 0.3) is 0 Å². The molecule has 0 spiro atoms. The zero-order valence-corrected chi connectivity index (χ0v) is 12.3. The van der Waals surface area contributed by atoms with Crippen LogP contribution in [0.3, 0.4) is 0 Å². The van der Waals surface area contributed by atoms with Crippen LogP contribution in [0.5, 0.6) is 0 Å². The quantitative estimate of drug-likeness (QED) is 0.878. The number of halogens is 1. The number of ether oxygens (including phenoxy) is 1. The summed E-state index contributed by atoms with van der Waals surface area (Å²) in [5.74, 6) is 0. The van der Waals surface area contributed by atoms with E-state index >= 15 is 0 Å². The van der Waals surface area contributed by atoms with Crippen LogP contribution < -0.4 is 10.6 Å². The van der Waals surface area contributed by atoms with E-state index in [0.29, 0.717) is 12.6 Å². The molecule has 4 heteroatoms. The number of benzene rings is 1. The minimum absolute atomic E-state index is 0.435. The lowest BCUT2D eigenvalue weighted by Crippen LogP contribution is -2.33. The third-order valence-electron chi connectivity index (χ3n) is 2.67. The van der Waals surface area contributed by atoms with Crippen molar-refractivity contribution in [2.24, 2.45) is 5.73 Å². The molecule has 0 atom stereocenters. The maximum Gasteiger partial charge on any atom is 0.0637 e. The Morgan fingerprint density at radius 2 is 2.06 bits per heavy atom. The Morgan fingerprint density at radius 3 is 2.59 bits per heavy atom. The smallest absolute Gasteiger partial charge is 0.0637 e. The first-order valence-electron chi connectivity index (χ1n) is 5.83. The molecule has 2 N–H and O–H groups in total. The van der Waals surface area contributed by atoms with Crippen molar-refractivity contribution in [3.8, 4) is 0 Å². The minimum atomic E-state index is 0.435. The Labute approximate surface area is 112 Å². The van der Waals surface area contributed by atoms with Gasteiger partial charge in [0.15, 0.2) is 0 Å². The average Bonchev–Trinajstić information content (AvgIpc) is 2.28. The van der Waals surface area contributed by atoms with Gasteiger partial charge in [0.05, 0.1) is 6.61 Å². The predicted molar refractivity (Wildman–Crippen MR) is 76.4 cm³/mol. The fourth-order valence-electron chi connectivity index (χ4n) is 1.79. The standard InChI is InChI=1S/C13H21BrN2O/c1-10(2)16(4-5-17-3)13-7-11(9-15)6-12(14)8-13/h6-8,10H,4-5,9,15H2,1-3H3. The van der Waals surface area contributed by atoms with Crippen LogP contribution in [0, 0.1) is 0 Å². The van der Waals surface area contributed by atoms with E-state index in [1.54, 1.807) is 7.11 Å². The summed E-state index contributed by atoms with van der Waals surface area (Å²) < 4.78 is 6.22. The highest BCUT2D eigenvalue weighted by Crippen LogP contribution is 2.24. The summed E-state index contributed by atoms with van der Waals surface area (Å²) >= 11 is 3.53. The van der Waals surface area contributed by atoms with Gasteiger partial charge in [-0.05, 0) is 37.6 Å². The van der Waals surface area contributed by atoms with Crippen LogP contribution in [-0.4, -0.2) is 26.3 Å². The van der Waals surface area contributed by atoms with Gasteiger partial charge in [0, 0.05) is 36.4 Å². The van der Waals surface area contributed by atoms with Gasteiger partial charge in [-0.3, -0.25) is 0 Å².